The lowest BCUT2D eigenvalue weighted by Gasteiger charge is -2.22. The zero-order chi connectivity index (χ0) is 34.3. The van der Waals surface area contributed by atoms with E-state index in [0.717, 1.165) is 53.9 Å². The van der Waals surface area contributed by atoms with Crippen LogP contribution in [0.2, 0.25) is 0 Å². The predicted octanol–water partition coefficient (Wildman–Crippen LogP) is 7.53. The second-order valence-electron chi connectivity index (χ2n) is 13.3. The van der Waals surface area contributed by atoms with E-state index in [-0.39, 0.29) is 36.3 Å². The molecule has 11 heteroatoms. The van der Waals surface area contributed by atoms with Crippen molar-refractivity contribution >= 4 is 24.0 Å². The minimum atomic E-state index is -0.374. The maximum Gasteiger partial charge on any atom is 0.407 e. The van der Waals surface area contributed by atoms with E-state index in [1.807, 2.05) is 54.9 Å². The number of nitrogens with zero attached hydrogens (tertiary/aromatic N) is 3. The first-order valence-electron chi connectivity index (χ1n) is 16.3. The molecule has 2 N–H and O–H groups in total. The monoisotopic (exact) mass is 655 g/mol. The van der Waals surface area contributed by atoms with Gasteiger partial charge in [-0.2, -0.15) is 5.10 Å². The molecule has 11 nitrogen and oxygen atoms in total. The van der Waals surface area contributed by atoms with Crippen LogP contribution in [0.5, 0.6) is 17.2 Å². The van der Waals surface area contributed by atoms with Gasteiger partial charge in [-0.3, -0.25) is 4.79 Å². The zero-order valence-corrected chi connectivity index (χ0v) is 28.5. The summed E-state index contributed by atoms with van der Waals surface area (Å²) in [5, 5.41) is 11.2. The summed E-state index contributed by atoms with van der Waals surface area (Å²) < 4.78 is 24.9. The lowest BCUT2D eigenvalue weighted by atomic mass is 10.0. The summed E-state index contributed by atoms with van der Waals surface area (Å²) in [6.45, 7) is 10.6. The highest BCUT2D eigenvalue weighted by Gasteiger charge is 2.32. The largest absolute Gasteiger partial charge is 0.497 e. The summed E-state index contributed by atoms with van der Waals surface area (Å²) in [6.07, 6.45) is 4.38. The summed E-state index contributed by atoms with van der Waals surface area (Å²) in [5.74, 6) is 3.27. The fraction of sp³-hybridized carbons (Fsp3) is 0.405. The molecule has 0 unspecified atom stereocenters. The van der Waals surface area contributed by atoms with Crippen LogP contribution < -0.4 is 24.8 Å². The van der Waals surface area contributed by atoms with E-state index in [1.165, 1.54) is 0 Å². The van der Waals surface area contributed by atoms with Gasteiger partial charge in [0.1, 0.15) is 48.2 Å². The first-order valence-corrected chi connectivity index (χ1v) is 16.3. The molecule has 0 bridgehead atoms. The Morgan fingerprint density at radius 2 is 1.71 bits per heavy atom. The number of rotatable bonds is 13. The van der Waals surface area contributed by atoms with Gasteiger partial charge < -0.3 is 29.6 Å². The third kappa shape index (κ3) is 8.84. The molecule has 0 spiro atoms. The lowest BCUT2D eigenvalue weighted by Crippen LogP contribution is -2.33. The van der Waals surface area contributed by atoms with E-state index in [9.17, 15) is 9.59 Å². The molecule has 1 fully saturated rings. The number of carbonyl (C=O) groups is 2. The van der Waals surface area contributed by atoms with Gasteiger partial charge in [-0.15, -0.1) is 0 Å². The van der Waals surface area contributed by atoms with Crippen LogP contribution in [-0.2, 0) is 23.5 Å². The van der Waals surface area contributed by atoms with E-state index in [4.69, 9.17) is 24.0 Å². The van der Waals surface area contributed by atoms with Gasteiger partial charge in [0, 0.05) is 24.2 Å². The Hall–Kier alpha value is -5.06. The summed E-state index contributed by atoms with van der Waals surface area (Å²) in [5.41, 5.74) is 2.83. The Morgan fingerprint density at radius 1 is 1.00 bits per heavy atom. The van der Waals surface area contributed by atoms with Crippen LogP contribution >= 0.6 is 0 Å². The Bertz CT molecular complexity index is 1700. The average molecular weight is 656 g/mol. The average Bonchev–Trinajstić information content (AvgIpc) is 3.70. The third-order valence-electron chi connectivity index (χ3n) is 8.02. The Morgan fingerprint density at radius 3 is 2.35 bits per heavy atom. The molecule has 1 aliphatic rings. The maximum atomic E-state index is 12.1. The number of methoxy groups -OCH3 is 1. The highest BCUT2D eigenvalue weighted by Crippen LogP contribution is 2.38. The van der Waals surface area contributed by atoms with Crippen molar-refractivity contribution in [1.29, 1.82) is 0 Å². The Balaban J connectivity index is 1.24. The first kappa shape index (κ1) is 34.3. The van der Waals surface area contributed by atoms with Gasteiger partial charge in [0.25, 0.3) is 0 Å². The van der Waals surface area contributed by atoms with E-state index >= 15 is 0 Å². The van der Waals surface area contributed by atoms with Gasteiger partial charge in [-0.1, -0.05) is 18.2 Å². The highest BCUT2D eigenvalue weighted by molar-refractivity contribution is 5.83. The molecule has 0 aliphatic heterocycles. The van der Waals surface area contributed by atoms with Crippen LogP contribution in [-0.4, -0.2) is 46.4 Å². The first-order chi connectivity index (χ1) is 23.0. The van der Waals surface area contributed by atoms with Crippen molar-refractivity contribution in [1.82, 2.24) is 20.1 Å². The van der Waals surface area contributed by atoms with Crippen molar-refractivity contribution in [3.8, 4) is 17.2 Å². The second-order valence-corrected chi connectivity index (χ2v) is 13.3. The maximum absolute atomic E-state index is 12.1. The third-order valence-corrected chi connectivity index (χ3v) is 8.02. The van der Waals surface area contributed by atoms with Gasteiger partial charge in [-0.05, 0) is 101 Å². The van der Waals surface area contributed by atoms with Crippen LogP contribution in [0.25, 0.3) is 0 Å². The van der Waals surface area contributed by atoms with Crippen molar-refractivity contribution in [3.63, 3.8) is 0 Å². The van der Waals surface area contributed by atoms with Crippen LogP contribution in [0.15, 0.2) is 66.9 Å². The smallest absolute Gasteiger partial charge is 0.407 e. The predicted molar refractivity (Wildman–Crippen MR) is 183 cm³/mol. The SMILES string of the molecule is COc1ccc(COc2cccc(OCc3ccnc(Nc4cc([C@H]5CC[C@@H](OC(=O)NC(C)C)C5)nn4C(C)(C)C)c3)c2C=O)cc1. The summed E-state index contributed by atoms with van der Waals surface area (Å²) in [6, 6.07) is 18.7. The number of benzene rings is 2. The Labute approximate surface area is 282 Å². The van der Waals surface area contributed by atoms with Crippen LogP contribution in [0.1, 0.15) is 87.0 Å². The van der Waals surface area contributed by atoms with Gasteiger partial charge in [-0.25, -0.2) is 14.5 Å². The molecule has 2 atom stereocenters. The quantitative estimate of drug-likeness (QED) is 0.141. The van der Waals surface area contributed by atoms with Crippen molar-refractivity contribution in [2.75, 3.05) is 12.4 Å². The number of anilines is 2. The number of amides is 1. The van der Waals surface area contributed by atoms with Crippen molar-refractivity contribution in [3.05, 3.63) is 89.2 Å². The highest BCUT2D eigenvalue weighted by atomic mass is 16.6. The Kier molecular flexibility index (Phi) is 10.9. The number of ether oxygens (including phenoxy) is 4. The molecule has 48 heavy (non-hydrogen) atoms. The van der Waals surface area contributed by atoms with Crippen molar-refractivity contribution < 1.29 is 28.5 Å². The summed E-state index contributed by atoms with van der Waals surface area (Å²) in [4.78, 5) is 28.8. The van der Waals surface area contributed by atoms with Gasteiger partial charge in [0.05, 0.1) is 23.9 Å². The number of aldehydes is 1. The number of aromatic nitrogens is 3. The molecule has 1 aliphatic carbocycles. The zero-order valence-electron chi connectivity index (χ0n) is 28.5. The summed E-state index contributed by atoms with van der Waals surface area (Å²) in [7, 11) is 1.62. The van der Waals surface area contributed by atoms with Gasteiger partial charge in [0.2, 0.25) is 0 Å². The van der Waals surface area contributed by atoms with Crippen molar-refractivity contribution in [2.45, 2.75) is 90.7 Å². The topological polar surface area (TPSA) is 126 Å². The number of hydrogen-bond donors (Lipinski definition) is 2. The number of pyridine rings is 1. The molecule has 254 valence electrons. The molecule has 2 aromatic heterocycles. The number of alkyl carbamates (subject to hydrolysis) is 1. The molecule has 2 aromatic carbocycles. The molecule has 1 amide bonds. The summed E-state index contributed by atoms with van der Waals surface area (Å²) >= 11 is 0. The van der Waals surface area contributed by atoms with Crippen LogP contribution in [0.3, 0.4) is 0 Å². The van der Waals surface area contributed by atoms with Crippen LogP contribution in [0, 0.1) is 0 Å². The van der Waals surface area contributed by atoms with Gasteiger partial charge in [0.15, 0.2) is 6.29 Å². The second kappa shape index (κ2) is 15.2. The number of carbonyl (C=O) groups excluding carboxylic acids is 2. The van der Waals surface area contributed by atoms with E-state index < -0.39 is 0 Å². The molecular weight excluding hydrogens is 610 g/mol. The molecule has 4 aromatic rings. The molecular formula is C37H45N5O6. The lowest BCUT2D eigenvalue weighted by molar-refractivity contribution is 0.0981. The number of hydrogen-bond acceptors (Lipinski definition) is 9. The van der Waals surface area contributed by atoms with Crippen LogP contribution in [0.4, 0.5) is 16.4 Å². The van der Waals surface area contributed by atoms with E-state index in [2.05, 4.69) is 42.5 Å². The van der Waals surface area contributed by atoms with E-state index in [1.54, 1.807) is 31.5 Å². The standard InChI is InChI=1S/C37H45N5O6/c1-24(2)39-36(44)48-29-15-12-27(19-29)31-20-35(42(41-31)37(3,4)5)40-34-18-26(16-17-38-34)23-47-33-9-7-8-32(30(33)21-43)46-22-25-10-13-28(45-6)14-11-25/h7-11,13-14,16-18,20-21,24,27,29H,12,15,19,22-23H2,1-6H3,(H,38,40)(H,39,44)/t27-,29+/m0/s1. The normalized spacial score (nSPS) is 16.0. The van der Waals surface area contributed by atoms with Gasteiger partial charge >= 0.3 is 6.09 Å². The molecule has 0 radical (unpaired) electrons. The molecule has 5 rings (SSSR count). The molecule has 0 saturated heterocycles. The van der Waals surface area contributed by atoms with E-state index in [0.29, 0.717) is 29.5 Å². The fourth-order valence-electron chi connectivity index (χ4n) is 5.64. The number of nitrogens with one attached hydrogen (secondary N) is 2. The minimum absolute atomic E-state index is 0.0281. The van der Waals surface area contributed by atoms with Crippen molar-refractivity contribution in [2.24, 2.45) is 0 Å². The molecule has 2 heterocycles. The fourth-order valence-corrected chi connectivity index (χ4v) is 5.64. The minimum Gasteiger partial charge on any atom is -0.497 e. The molecule has 1 saturated carbocycles.